The molecule has 1 aromatic heterocycles. The highest BCUT2D eigenvalue weighted by Crippen LogP contribution is 2.27. The fraction of sp³-hybridized carbons (Fsp3) is 0.368. The quantitative estimate of drug-likeness (QED) is 0.644. The van der Waals surface area contributed by atoms with E-state index in [9.17, 15) is 9.59 Å². The van der Waals surface area contributed by atoms with E-state index in [0.717, 1.165) is 33.9 Å². The minimum Gasteiger partial charge on any atom is -0.463 e. The first-order valence-electron chi connectivity index (χ1n) is 8.26. The van der Waals surface area contributed by atoms with Crippen molar-refractivity contribution in [3.63, 3.8) is 0 Å². The Bertz CT molecular complexity index is 834. The van der Waals surface area contributed by atoms with E-state index in [1.54, 1.807) is 13.8 Å². The Balaban J connectivity index is 2.42. The van der Waals surface area contributed by atoms with Crippen LogP contribution in [0.2, 0.25) is 0 Å². The van der Waals surface area contributed by atoms with Crippen LogP contribution in [-0.2, 0) is 26.1 Å². The molecule has 0 aliphatic heterocycles. The zero-order valence-electron chi connectivity index (χ0n) is 15.3. The van der Waals surface area contributed by atoms with Gasteiger partial charge in [-0.3, -0.25) is 0 Å². The summed E-state index contributed by atoms with van der Waals surface area (Å²) in [5.41, 5.74) is 3.91. The van der Waals surface area contributed by atoms with E-state index < -0.39 is 11.9 Å². The maximum atomic E-state index is 12.2. The van der Waals surface area contributed by atoms with Crippen molar-refractivity contribution in [2.24, 2.45) is 7.05 Å². The summed E-state index contributed by atoms with van der Waals surface area (Å²) >= 11 is 0. The van der Waals surface area contributed by atoms with Gasteiger partial charge in [0.15, 0.2) is 0 Å². The summed E-state index contributed by atoms with van der Waals surface area (Å²) in [5.74, 6) is -1.19. The zero-order valence-corrected chi connectivity index (χ0v) is 15.3. The predicted molar refractivity (Wildman–Crippen MR) is 97.4 cm³/mol. The second-order valence-electron chi connectivity index (χ2n) is 5.73. The molecule has 2 aromatic rings. The zero-order chi connectivity index (χ0) is 18.6. The van der Waals surface area contributed by atoms with E-state index >= 15 is 0 Å². The molecule has 25 heavy (non-hydrogen) atoms. The number of hydrogen-bond donors (Lipinski definition) is 1. The van der Waals surface area contributed by atoms with Gasteiger partial charge in [0.25, 0.3) is 0 Å². The second kappa shape index (κ2) is 7.88. The summed E-state index contributed by atoms with van der Waals surface area (Å²) in [7, 11) is 1.98. The van der Waals surface area contributed by atoms with Crippen LogP contribution in [-0.4, -0.2) is 29.7 Å². The Kier molecular flexibility index (Phi) is 5.85. The molecule has 6 nitrogen and oxygen atoms in total. The Morgan fingerprint density at radius 2 is 1.80 bits per heavy atom. The summed E-state index contributed by atoms with van der Waals surface area (Å²) in [4.78, 5) is 23.9. The van der Waals surface area contributed by atoms with Gasteiger partial charge >= 0.3 is 11.9 Å². The van der Waals surface area contributed by atoms with E-state index in [1.807, 2.05) is 33.0 Å². The summed E-state index contributed by atoms with van der Waals surface area (Å²) < 4.78 is 12.0. The van der Waals surface area contributed by atoms with Crippen molar-refractivity contribution in [2.45, 2.75) is 27.7 Å². The number of benzene rings is 1. The monoisotopic (exact) mass is 344 g/mol. The number of hydrogen-bond acceptors (Lipinski definition) is 5. The molecule has 0 bridgehead atoms. The molecular weight excluding hydrogens is 320 g/mol. The van der Waals surface area contributed by atoms with Gasteiger partial charge in [0.2, 0.25) is 0 Å². The molecule has 1 N–H and O–H groups in total. The number of anilines is 1. The largest absolute Gasteiger partial charge is 0.463 e. The number of rotatable bonds is 6. The van der Waals surface area contributed by atoms with Gasteiger partial charge < -0.3 is 19.4 Å². The highest BCUT2D eigenvalue weighted by molar-refractivity contribution is 5.99. The van der Waals surface area contributed by atoms with Crippen molar-refractivity contribution in [3.05, 3.63) is 41.2 Å². The van der Waals surface area contributed by atoms with Crippen molar-refractivity contribution >= 4 is 28.5 Å². The molecule has 1 heterocycles. The number of fused-ring (bicyclic) bond motifs is 1. The molecule has 0 atom stereocenters. The van der Waals surface area contributed by atoms with Gasteiger partial charge in [-0.2, -0.15) is 0 Å². The highest BCUT2D eigenvalue weighted by Gasteiger charge is 2.16. The summed E-state index contributed by atoms with van der Waals surface area (Å²) in [6.07, 6.45) is 1.13. The molecule has 6 heteroatoms. The van der Waals surface area contributed by atoms with Gasteiger partial charge in [0.05, 0.1) is 24.8 Å². The maximum absolute atomic E-state index is 12.2. The van der Waals surface area contributed by atoms with Crippen LogP contribution in [0.1, 0.15) is 25.1 Å². The first-order valence-corrected chi connectivity index (χ1v) is 8.26. The Morgan fingerprint density at radius 1 is 1.12 bits per heavy atom. The molecule has 2 rings (SSSR count). The van der Waals surface area contributed by atoms with Gasteiger partial charge in [0, 0.05) is 23.8 Å². The van der Waals surface area contributed by atoms with Crippen LogP contribution in [0.3, 0.4) is 0 Å². The van der Waals surface area contributed by atoms with Crippen LogP contribution < -0.4 is 5.32 Å². The maximum Gasteiger partial charge on any atom is 0.355 e. The van der Waals surface area contributed by atoms with E-state index in [2.05, 4.69) is 16.0 Å². The van der Waals surface area contributed by atoms with Crippen molar-refractivity contribution in [1.29, 1.82) is 0 Å². The molecule has 0 amide bonds. The topological polar surface area (TPSA) is 69.6 Å². The molecule has 1 aromatic carbocycles. The van der Waals surface area contributed by atoms with Gasteiger partial charge in [-0.05, 0) is 51.5 Å². The second-order valence-corrected chi connectivity index (χ2v) is 5.73. The molecule has 0 unspecified atom stereocenters. The fourth-order valence-corrected chi connectivity index (χ4v) is 2.57. The van der Waals surface area contributed by atoms with Crippen molar-refractivity contribution in [1.82, 2.24) is 4.57 Å². The smallest absolute Gasteiger partial charge is 0.355 e. The van der Waals surface area contributed by atoms with Crippen LogP contribution in [0, 0.1) is 13.8 Å². The Labute approximate surface area is 147 Å². The lowest BCUT2D eigenvalue weighted by molar-refractivity contribution is -0.140. The lowest BCUT2D eigenvalue weighted by Crippen LogP contribution is -2.17. The number of nitrogens with zero attached hydrogens (tertiary/aromatic N) is 1. The number of carbonyl (C=O) groups is 2. The average molecular weight is 344 g/mol. The van der Waals surface area contributed by atoms with Gasteiger partial charge in [0.1, 0.15) is 5.70 Å². The van der Waals surface area contributed by atoms with Crippen LogP contribution >= 0.6 is 0 Å². The Morgan fingerprint density at radius 3 is 2.44 bits per heavy atom. The van der Waals surface area contributed by atoms with Crippen LogP contribution in [0.25, 0.3) is 10.9 Å². The molecule has 0 saturated heterocycles. The number of carbonyl (C=O) groups excluding carboxylic acids is 2. The van der Waals surface area contributed by atoms with Crippen LogP contribution in [0.15, 0.2) is 30.0 Å². The van der Waals surface area contributed by atoms with Crippen LogP contribution in [0.4, 0.5) is 5.69 Å². The third-order valence-electron chi connectivity index (χ3n) is 3.94. The van der Waals surface area contributed by atoms with Crippen molar-refractivity contribution < 1.29 is 19.1 Å². The molecule has 0 aliphatic rings. The number of ether oxygens (including phenoxy) is 2. The summed E-state index contributed by atoms with van der Waals surface area (Å²) in [6, 6.07) is 6.10. The van der Waals surface area contributed by atoms with Gasteiger partial charge in [-0.25, -0.2) is 9.59 Å². The van der Waals surface area contributed by atoms with Gasteiger partial charge in [-0.1, -0.05) is 0 Å². The number of nitrogens with one attached hydrogen (secondary N) is 1. The number of aryl methyl sites for hydroxylation is 3. The lowest BCUT2D eigenvalue weighted by atomic mass is 10.1. The molecule has 0 spiro atoms. The third-order valence-corrected chi connectivity index (χ3v) is 3.94. The summed E-state index contributed by atoms with van der Waals surface area (Å²) in [5, 5.41) is 4.14. The predicted octanol–water partition coefficient (Wildman–Crippen LogP) is 3.22. The standard InChI is InChI=1S/C19H24N2O4/c1-6-24-18(22)11-16(19(23)25-7-2)20-15-10-17-14(8-12(15)3)9-13(4)21(17)5/h8-11,20H,6-7H2,1-5H3/b16-11+. The van der Waals surface area contributed by atoms with Crippen LogP contribution in [0.5, 0.6) is 0 Å². The third kappa shape index (κ3) is 4.21. The molecule has 0 saturated carbocycles. The van der Waals surface area contributed by atoms with E-state index in [4.69, 9.17) is 9.47 Å². The number of esters is 2. The van der Waals surface area contributed by atoms with Crippen molar-refractivity contribution in [2.75, 3.05) is 18.5 Å². The minimum absolute atomic E-state index is 0.0497. The first-order chi connectivity index (χ1) is 11.9. The first kappa shape index (κ1) is 18.6. The van der Waals surface area contributed by atoms with E-state index in [0.29, 0.717) is 0 Å². The SMILES string of the molecule is CCOC(=O)/C=C(/Nc1cc2c(cc1C)cc(C)n2C)C(=O)OCC. The lowest BCUT2D eigenvalue weighted by Gasteiger charge is -2.13. The molecule has 134 valence electrons. The highest BCUT2D eigenvalue weighted by atomic mass is 16.5. The minimum atomic E-state index is -0.599. The van der Waals surface area contributed by atoms with E-state index in [1.165, 1.54) is 0 Å². The Hall–Kier alpha value is -2.76. The average Bonchev–Trinajstić information content (AvgIpc) is 2.81. The molecule has 0 radical (unpaired) electrons. The normalized spacial score (nSPS) is 11.5. The molecule has 0 aliphatic carbocycles. The molecular formula is C19H24N2O4. The fourth-order valence-electron chi connectivity index (χ4n) is 2.57. The number of aromatic nitrogens is 1. The molecule has 0 fully saturated rings. The van der Waals surface area contributed by atoms with E-state index in [-0.39, 0.29) is 18.9 Å². The van der Waals surface area contributed by atoms with Gasteiger partial charge in [-0.15, -0.1) is 0 Å². The van der Waals surface area contributed by atoms with Crippen molar-refractivity contribution in [3.8, 4) is 0 Å². The summed E-state index contributed by atoms with van der Waals surface area (Å²) in [6.45, 7) is 7.85.